The maximum absolute atomic E-state index is 5.86. The SMILES string of the molecule is CN1CCN(c2ccc(Br)c([C@@H]3CN(c4cc(N)nc(N)n4)CCN3)c2)CC1. The summed E-state index contributed by atoms with van der Waals surface area (Å²) in [6.45, 7) is 6.81. The Labute approximate surface area is 174 Å². The molecule has 2 aliphatic heterocycles. The maximum Gasteiger partial charge on any atom is 0.223 e. The molecule has 2 saturated heterocycles. The molecule has 2 fully saturated rings. The Hall–Kier alpha value is -2.10. The summed E-state index contributed by atoms with van der Waals surface area (Å²) in [4.78, 5) is 15.4. The van der Waals surface area contributed by atoms with Crippen LogP contribution in [0.3, 0.4) is 0 Å². The third-order valence-corrected chi connectivity index (χ3v) is 6.19. The van der Waals surface area contributed by atoms with Gasteiger partial charge in [0.2, 0.25) is 5.95 Å². The molecule has 28 heavy (non-hydrogen) atoms. The molecule has 1 aromatic heterocycles. The van der Waals surface area contributed by atoms with Crippen molar-refractivity contribution in [2.24, 2.45) is 0 Å². The monoisotopic (exact) mass is 446 g/mol. The summed E-state index contributed by atoms with van der Waals surface area (Å²) in [6, 6.07) is 8.64. The first-order valence-electron chi connectivity index (χ1n) is 9.61. The summed E-state index contributed by atoms with van der Waals surface area (Å²) in [5.41, 5.74) is 14.2. The molecule has 4 rings (SSSR count). The summed E-state index contributed by atoms with van der Waals surface area (Å²) in [6.07, 6.45) is 0. The molecule has 9 heteroatoms. The summed E-state index contributed by atoms with van der Waals surface area (Å²) < 4.78 is 1.12. The van der Waals surface area contributed by atoms with E-state index in [4.69, 9.17) is 11.5 Å². The highest BCUT2D eigenvalue weighted by Crippen LogP contribution is 2.31. The maximum atomic E-state index is 5.86. The minimum absolute atomic E-state index is 0.188. The van der Waals surface area contributed by atoms with Crippen LogP contribution in [0.4, 0.5) is 23.3 Å². The summed E-state index contributed by atoms with van der Waals surface area (Å²) in [7, 11) is 2.18. The van der Waals surface area contributed by atoms with Gasteiger partial charge in [0, 0.05) is 62.0 Å². The molecule has 0 unspecified atom stereocenters. The highest BCUT2D eigenvalue weighted by atomic mass is 79.9. The van der Waals surface area contributed by atoms with Gasteiger partial charge in [-0.1, -0.05) is 15.9 Å². The number of hydrogen-bond donors (Lipinski definition) is 3. The van der Waals surface area contributed by atoms with Crippen LogP contribution >= 0.6 is 15.9 Å². The topological polar surface area (TPSA) is 99.6 Å². The molecule has 2 aromatic rings. The number of aromatic nitrogens is 2. The lowest BCUT2D eigenvalue weighted by molar-refractivity contribution is 0.313. The Morgan fingerprint density at radius 1 is 1.04 bits per heavy atom. The van der Waals surface area contributed by atoms with E-state index in [0.717, 1.165) is 56.1 Å². The number of piperazine rings is 2. The zero-order chi connectivity index (χ0) is 19.7. The van der Waals surface area contributed by atoms with Crippen LogP contribution in [0.25, 0.3) is 0 Å². The molecule has 150 valence electrons. The Morgan fingerprint density at radius 3 is 2.57 bits per heavy atom. The van der Waals surface area contributed by atoms with Gasteiger partial charge in [-0.2, -0.15) is 9.97 Å². The van der Waals surface area contributed by atoms with Gasteiger partial charge in [0.25, 0.3) is 0 Å². The van der Waals surface area contributed by atoms with Crippen molar-refractivity contribution in [3.8, 4) is 0 Å². The van der Waals surface area contributed by atoms with Crippen molar-refractivity contribution < 1.29 is 0 Å². The van der Waals surface area contributed by atoms with Crippen LogP contribution in [0, 0.1) is 0 Å². The number of benzene rings is 1. The molecular formula is C19H27BrN8. The number of rotatable bonds is 3. The van der Waals surface area contributed by atoms with Gasteiger partial charge >= 0.3 is 0 Å². The molecule has 8 nitrogen and oxygen atoms in total. The second-order valence-electron chi connectivity index (χ2n) is 7.46. The first kappa shape index (κ1) is 19.2. The summed E-state index contributed by atoms with van der Waals surface area (Å²) in [5, 5.41) is 3.64. The van der Waals surface area contributed by atoms with Gasteiger partial charge in [0.1, 0.15) is 11.6 Å². The van der Waals surface area contributed by atoms with E-state index in [1.807, 2.05) is 0 Å². The number of nitrogens with two attached hydrogens (primary N) is 2. The fraction of sp³-hybridized carbons (Fsp3) is 0.474. The van der Waals surface area contributed by atoms with E-state index in [1.165, 1.54) is 11.3 Å². The predicted octanol–water partition coefficient (Wildman–Crippen LogP) is 1.31. The van der Waals surface area contributed by atoms with Crippen LogP contribution in [0.15, 0.2) is 28.7 Å². The van der Waals surface area contributed by atoms with Crippen molar-refractivity contribution in [1.82, 2.24) is 20.2 Å². The van der Waals surface area contributed by atoms with Crippen molar-refractivity contribution in [2.45, 2.75) is 6.04 Å². The van der Waals surface area contributed by atoms with Crippen molar-refractivity contribution in [3.63, 3.8) is 0 Å². The molecule has 0 amide bonds. The average molecular weight is 447 g/mol. The first-order chi connectivity index (χ1) is 13.5. The van der Waals surface area contributed by atoms with E-state index >= 15 is 0 Å². The van der Waals surface area contributed by atoms with Crippen LogP contribution in [0.1, 0.15) is 11.6 Å². The number of nitrogens with zero attached hydrogens (tertiary/aromatic N) is 5. The van der Waals surface area contributed by atoms with E-state index in [2.05, 4.69) is 71.2 Å². The highest BCUT2D eigenvalue weighted by molar-refractivity contribution is 9.10. The highest BCUT2D eigenvalue weighted by Gasteiger charge is 2.25. The minimum atomic E-state index is 0.188. The Morgan fingerprint density at radius 2 is 1.82 bits per heavy atom. The second kappa shape index (κ2) is 8.10. The zero-order valence-electron chi connectivity index (χ0n) is 16.1. The summed E-state index contributed by atoms with van der Waals surface area (Å²) in [5.74, 6) is 1.39. The van der Waals surface area contributed by atoms with Crippen molar-refractivity contribution in [1.29, 1.82) is 0 Å². The Bertz CT molecular complexity index is 816. The molecule has 0 bridgehead atoms. The van der Waals surface area contributed by atoms with Gasteiger partial charge in [-0.15, -0.1) is 0 Å². The van der Waals surface area contributed by atoms with Crippen LogP contribution in [0.5, 0.6) is 0 Å². The number of hydrogen-bond acceptors (Lipinski definition) is 8. The third-order valence-electron chi connectivity index (χ3n) is 5.47. The second-order valence-corrected chi connectivity index (χ2v) is 8.31. The number of nitrogen functional groups attached to an aromatic ring is 2. The van der Waals surface area contributed by atoms with Gasteiger partial charge in [-0.25, -0.2) is 0 Å². The molecule has 1 atom stereocenters. The van der Waals surface area contributed by atoms with Crippen LogP contribution < -0.4 is 26.6 Å². The summed E-state index contributed by atoms with van der Waals surface area (Å²) >= 11 is 3.75. The lowest BCUT2D eigenvalue weighted by Gasteiger charge is -2.37. The van der Waals surface area contributed by atoms with Crippen LogP contribution in [-0.2, 0) is 0 Å². The number of likely N-dealkylation sites (N-methyl/N-ethyl adjacent to an activating group) is 1. The molecule has 3 heterocycles. The van der Waals surface area contributed by atoms with E-state index in [-0.39, 0.29) is 12.0 Å². The van der Waals surface area contributed by atoms with E-state index in [9.17, 15) is 0 Å². The van der Waals surface area contributed by atoms with Gasteiger partial charge in [0.05, 0.1) is 6.04 Å². The van der Waals surface area contributed by atoms with Gasteiger partial charge in [0.15, 0.2) is 0 Å². The van der Waals surface area contributed by atoms with Crippen LogP contribution in [-0.4, -0.2) is 67.7 Å². The van der Waals surface area contributed by atoms with Crippen molar-refractivity contribution in [2.75, 3.05) is 74.1 Å². The molecule has 0 radical (unpaired) electrons. The standard InChI is InChI=1S/C19H27BrN8/c1-26-6-8-27(9-7-26)13-2-3-15(20)14(10-13)16-12-28(5-4-23-16)18-11-17(21)24-19(22)25-18/h2-3,10-11,16,23H,4-9,12H2,1H3,(H4,21,22,24,25)/t16-/m0/s1. The quantitative estimate of drug-likeness (QED) is 0.648. The van der Waals surface area contributed by atoms with E-state index < -0.39 is 0 Å². The zero-order valence-corrected chi connectivity index (χ0v) is 17.7. The normalized spacial score (nSPS) is 21.1. The Kier molecular flexibility index (Phi) is 5.56. The van der Waals surface area contributed by atoms with Gasteiger partial charge < -0.3 is 31.5 Å². The Balaban J connectivity index is 1.55. The molecular weight excluding hydrogens is 420 g/mol. The fourth-order valence-corrected chi connectivity index (χ4v) is 4.38. The largest absolute Gasteiger partial charge is 0.383 e. The van der Waals surface area contributed by atoms with Crippen molar-refractivity contribution >= 4 is 39.2 Å². The lowest BCUT2D eigenvalue weighted by Crippen LogP contribution is -2.46. The molecule has 0 saturated carbocycles. The number of anilines is 4. The van der Waals surface area contributed by atoms with Gasteiger partial charge in [-0.3, -0.25) is 0 Å². The molecule has 0 aliphatic carbocycles. The molecule has 2 aliphatic rings. The molecule has 1 aromatic carbocycles. The van der Waals surface area contributed by atoms with E-state index in [1.54, 1.807) is 6.07 Å². The first-order valence-corrected chi connectivity index (χ1v) is 10.4. The van der Waals surface area contributed by atoms with Crippen LogP contribution in [0.2, 0.25) is 0 Å². The minimum Gasteiger partial charge on any atom is -0.383 e. The van der Waals surface area contributed by atoms with E-state index in [0.29, 0.717) is 5.82 Å². The molecule has 5 N–H and O–H groups in total. The lowest BCUT2D eigenvalue weighted by atomic mass is 10.0. The van der Waals surface area contributed by atoms with Gasteiger partial charge in [-0.05, 0) is 30.8 Å². The number of halogens is 1. The molecule has 0 spiro atoms. The predicted molar refractivity (Wildman–Crippen MR) is 118 cm³/mol. The van der Waals surface area contributed by atoms with Crippen molar-refractivity contribution in [3.05, 3.63) is 34.3 Å². The number of nitrogens with one attached hydrogen (secondary N) is 1. The average Bonchev–Trinajstić information content (AvgIpc) is 2.68. The third kappa shape index (κ3) is 4.16. The fourth-order valence-electron chi connectivity index (χ4n) is 3.86. The smallest absolute Gasteiger partial charge is 0.223 e.